The SMILES string of the molecule is CC(C)n1c(CC[C@@H](CC(=O)O)O[Si](C)(C)C(C)(C)C)c(-c2ccc(F)cc2)c2ccccc21. The van der Waals surface area contributed by atoms with Gasteiger partial charge in [-0.3, -0.25) is 4.79 Å². The Hall–Kier alpha value is -2.44. The van der Waals surface area contributed by atoms with Crippen LogP contribution in [-0.4, -0.2) is 30.1 Å². The largest absolute Gasteiger partial charge is 0.481 e. The summed E-state index contributed by atoms with van der Waals surface area (Å²) in [6, 6.07) is 15.1. The van der Waals surface area contributed by atoms with Gasteiger partial charge in [-0.05, 0) is 68.6 Å². The number of para-hydroxylation sites is 1. The van der Waals surface area contributed by atoms with Gasteiger partial charge in [0.25, 0.3) is 0 Å². The van der Waals surface area contributed by atoms with E-state index in [2.05, 4.69) is 64.4 Å². The van der Waals surface area contributed by atoms with Crippen molar-refractivity contribution in [2.75, 3.05) is 0 Å². The van der Waals surface area contributed by atoms with Crippen LogP contribution in [0.25, 0.3) is 22.0 Å². The number of nitrogens with zero attached hydrogens (tertiary/aromatic N) is 1. The molecule has 184 valence electrons. The van der Waals surface area contributed by atoms with Gasteiger partial charge in [-0.15, -0.1) is 0 Å². The molecule has 0 aliphatic rings. The summed E-state index contributed by atoms with van der Waals surface area (Å²) >= 11 is 0. The standard InChI is InChI=1S/C28H38FNO3Si/c1-19(2)30-24-11-9-8-10-23(24)27(20-12-14-21(29)15-13-20)25(30)17-16-22(18-26(31)32)33-34(6,7)28(3,4)5/h8-15,19,22H,16-18H2,1-7H3,(H,31,32)/t22-/m0/s1. The zero-order chi connectivity index (χ0) is 25.3. The first-order chi connectivity index (χ1) is 15.8. The molecule has 1 heterocycles. The van der Waals surface area contributed by atoms with Crippen LogP contribution in [0.5, 0.6) is 0 Å². The highest BCUT2D eigenvalue weighted by Crippen LogP contribution is 2.40. The van der Waals surface area contributed by atoms with E-state index in [0.29, 0.717) is 12.8 Å². The van der Waals surface area contributed by atoms with Crippen LogP contribution in [0.1, 0.15) is 59.2 Å². The van der Waals surface area contributed by atoms with Crippen LogP contribution in [0, 0.1) is 5.82 Å². The van der Waals surface area contributed by atoms with Gasteiger partial charge < -0.3 is 14.1 Å². The molecule has 6 heteroatoms. The normalized spacial score (nSPS) is 13.6. The number of hydrogen-bond acceptors (Lipinski definition) is 2. The van der Waals surface area contributed by atoms with Crippen LogP contribution in [-0.2, 0) is 15.6 Å². The van der Waals surface area contributed by atoms with Crippen molar-refractivity contribution >= 4 is 25.2 Å². The zero-order valence-corrected chi connectivity index (χ0v) is 22.5. The first-order valence-electron chi connectivity index (χ1n) is 12.1. The number of benzene rings is 2. The van der Waals surface area contributed by atoms with E-state index in [4.69, 9.17) is 4.43 Å². The van der Waals surface area contributed by atoms with E-state index in [1.807, 2.05) is 24.3 Å². The molecule has 3 aromatic rings. The van der Waals surface area contributed by atoms with Gasteiger partial charge in [0.2, 0.25) is 0 Å². The number of hydrogen-bond donors (Lipinski definition) is 1. The fourth-order valence-corrected chi connectivity index (χ4v) is 5.77. The molecule has 0 saturated carbocycles. The van der Waals surface area contributed by atoms with Crippen molar-refractivity contribution in [1.29, 1.82) is 0 Å². The third-order valence-electron chi connectivity index (χ3n) is 7.03. The van der Waals surface area contributed by atoms with E-state index < -0.39 is 14.3 Å². The number of aliphatic carboxylic acids is 1. The average molecular weight is 484 g/mol. The highest BCUT2D eigenvalue weighted by molar-refractivity contribution is 6.74. The number of aromatic nitrogens is 1. The van der Waals surface area contributed by atoms with Gasteiger partial charge in [0.15, 0.2) is 8.32 Å². The topological polar surface area (TPSA) is 51.5 Å². The monoisotopic (exact) mass is 483 g/mol. The Morgan fingerprint density at radius 3 is 2.26 bits per heavy atom. The first-order valence-corrected chi connectivity index (χ1v) is 15.0. The third kappa shape index (κ3) is 5.61. The van der Waals surface area contributed by atoms with Crippen LogP contribution in [0.3, 0.4) is 0 Å². The van der Waals surface area contributed by atoms with Crippen LogP contribution < -0.4 is 0 Å². The number of rotatable bonds is 9. The van der Waals surface area contributed by atoms with E-state index in [9.17, 15) is 14.3 Å². The molecule has 1 aromatic heterocycles. The molecule has 0 radical (unpaired) electrons. The van der Waals surface area contributed by atoms with Crippen LogP contribution in [0.2, 0.25) is 18.1 Å². The van der Waals surface area contributed by atoms with Gasteiger partial charge in [0.1, 0.15) is 5.82 Å². The molecular weight excluding hydrogens is 445 g/mol. The Labute approximate surface area is 203 Å². The van der Waals surface area contributed by atoms with Crippen LogP contribution in [0.15, 0.2) is 48.5 Å². The fraction of sp³-hybridized carbons (Fsp3) is 0.464. The Balaban J connectivity index is 2.07. The summed E-state index contributed by atoms with van der Waals surface area (Å²) < 4.78 is 22.6. The fourth-order valence-electron chi connectivity index (χ4n) is 4.38. The van der Waals surface area contributed by atoms with Gasteiger partial charge in [0, 0.05) is 28.2 Å². The molecule has 0 fully saturated rings. The predicted molar refractivity (Wildman–Crippen MR) is 140 cm³/mol. The molecule has 0 aliphatic carbocycles. The molecule has 0 aliphatic heterocycles. The second-order valence-corrected chi connectivity index (χ2v) is 15.7. The summed E-state index contributed by atoms with van der Waals surface area (Å²) in [5.41, 5.74) is 4.32. The Morgan fingerprint density at radius 1 is 1.09 bits per heavy atom. The highest BCUT2D eigenvalue weighted by atomic mass is 28.4. The van der Waals surface area contributed by atoms with Crippen molar-refractivity contribution in [3.05, 3.63) is 60.0 Å². The molecule has 2 aromatic carbocycles. The summed E-state index contributed by atoms with van der Waals surface area (Å²) in [5, 5.41) is 10.7. The van der Waals surface area contributed by atoms with Crippen LogP contribution in [0.4, 0.5) is 4.39 Å². The smallest absolute Gasteiger partial charge is 0.305 e. The predicted octanol–water partition coefficient (Wildman–Crippen LogP) is 7.83. The lowest BCUT2D eigenvalue weighted by atomic mass is 9.98. The van der Waals surface area contributed by atoms with Crippen molar-refractivity contribution in [3.63, 3.8) is 0 Å². The Kier molecular flexibility index (Phi) is 7.73. The summed E-state index contributed by atoms with van der Waals surface area (Å²) in [5.74, 6) is -1.10. The molecule has 4 nitrogen and oxygen atoms in total. The Bertz CT molecular complexity index is 1140. The molecule has 34 heavy (non-hydrogen) atoms. The molecule has 0 amide bonds. The zero-order valence-electron chi connectivity index (χ0n) is 21.5. The second-order valence-electron chi connectivity index (χ2n) is 10.9. The highest BCUT2D eigenvalue weighted by Gasteiger charge is 2.39. The lowest BCUT2D eigenvalue weighted by Gasteiger charge is -2.39. The van der Waals surface area contributed by atoms with Gasteiger partial charge in [-0.1, -0.05) is 51.1 Å². The molecule has 1 atom stereocenters. The number of halogens is 1. The van der Waals surface area contributed by atoms with E-state index in [0.717, 1.165) is 27.7 Å². The molecule has 0 unspecified atom stereocenters. The molecule has 1 N–H and O–H groups in total. The molecule has 0 saturated heterocycles. The summed E-state index contributed by atoms with van der Waals surface area (Å²) in [4.78, 5) is 11.7. The lowest BCUT2D eigenvalue weighted by molar-refractivity contribution is -0.139. The summed E-state index contributed by atoms with van der Waals surface area (Å²) in [6.45, 7) is 15.1. The van der Waals surface area contributed by atoms with E-state index in [-0.39, 0.29) is 29.4 Å². The van der Waals surface area contributed by atoms with Gasteiger partial charge in [-0.25, -0.2) is 4.39 Å². The quantitative estimate of drug-likeness (QED) is 0.316. The number of carbonyl (C=O) groups is 1. The van der Waals surface area contributed by atoms with Crippen molar-refractivity contribution in [2.45, 2.75) is 84.2 Å². The summed E-state index contributed by atoms with van der Waals surface area (Å²) in [6.07, 6.45) is 0.903. The number of fused-ring (bicyclic) bond motifs is 1. The maximum absolute atomic E-state index is 13.7. The number of carboxylic acid groups (broad SMARTS) is 1. The van der Waals surface area contributed by atoms with Crippen molar-refractivity contribution in [1.82, 2.24) is 4.57 Å². The van der Waals surface area contributed by atoms with Crippen molar-refractivity contribution < 1.29 is 18.7 Å². The summed E-state index contributed by atoms with van der Waals surface area (Å²) in [7, 11) is -2.14. The van der Waals surface area contributed by atoms with E-state index in [1.54, 1.807) is 0 Å². The maximum Gasteiger partial charge on any atom is 0.305 e. The van der Waals surface area contributed by atoms with E-state index >= 15 is 0 Å². The van der Waals surface area contributed by atoms with E-state index in [1.165, 1.54) is 12.1 Å². The van der Waals surface area contributed by atoms with Gasteiger partial charge in [-0.2, -0.15) is 0 Å². The molecule has 3 rings (SSSR count). The van der Waals surface area contributed by atoms with Crippen molar-refractivity contribution in [2.24, 2.45) is 0 Å². The lowest BCUT2D eigenvalue weighted by Crippen LogP contribution is -2.44. The second kappa shape index (κ2) is 10.0. The van der Waals surface area contributed by atoms with Gasteiger partial charge in [0.05, 0.1) is 12.5 Å². The minimum atomic E-state index is -2.14. The number of carboxylic acids is 1. The van der Waals surface area contributed by atoms with Gasteiger partial charge >= 0.3 is 5.97 Å². The third-order valence-corrected chi connectivity index (χ3v) is 11.6. The average Bonchev–Trinajstić information content (AvgIpc) is 3.05. The van der Waals surface area contributed by atoms with Crippen molar-refractivity contribution in [3.8, 4) is 11.1 Å². The minimum Gasteiger partial charge on any atom is -0.481 e. The maximum atomic E-state index is 13.7. The molecular formula is C28H38FNO3Si. The molecule has 0 bridgehead atoms. The Morgan fingerprint density at radius 2 is 1.71 bits per heavy atom. The molecule has 0 spiro atoms. The van der Waals surface area contributed by atoms with Crippen LogP contribution >= 0.6 is 0 Å². The first kappa shape index (κ1) is 26.2. The minimum absolute atomic E-state index is 0.00411.